The monoisotopic (exact) mass is 482 g/mol. The van der Waals surface area contributed by atoms with Gasteiger partial charge in [0.1, 0.15) is 0 Å². The maximum atomic E-state index is 13.5. The van der Waals surface area contributed by atoms with E-state index >= 15 is 0 Å². The molecule has 0 saturated carbocycles. The first-order valence-corrected chi connectivity index (χ1v) is 12.6. The van der Waals surface area contributed by atoms with Gasteiger partial charge in [0.2, 0.25) is 0 Å². The number of hydrogen-bond donors (Lipinski definition) is 0. The van der Waals surface area contributed by atoms with E-state index in [1.54, 1.807) is 0 Å². The zero-order valence-electron chi connectivity index (χ0n) is 16.4. The van der Waals surface area contributed by atoms with Gasteiger partial charge in [-0.05, 0) is 65.0 Å². The smallest absolute Gasteiger partial charge is 0.186 e. The summed E-state index contributed by atoms with van der Waals surface area (Å²) in [5.41, 5.74) is 0.642. The predicted octanol–water partition coefficient (Wildman–Crippen LogP) is 6.63. The molecule has 0 amide bonds. The summed E-state index contributed by atoms with van der Waals surface area (Å²) in [7, 11) is 0. The Morgan fingerprint density at radius 2 is 0.903 bits per heavy atom. The Labute approximate surface area is 197 Å². The molecule has 5 heteroatoms. The molecule has 0 N–H and O–H groups in total. The van der Waals surface area contributed by atoms with E-state index < -0.39 is 6.89 Å². The first kappa shape index (κ1) is 21.9. The van der Waals surface area contributed by atoms with Gasteiger partial charge in [0, 0.05) is 20.6 Å². The van der Waals surface area contributed by atoms with Crippen LogP contribution >= 0.6 is 41.7 Å². The highest BCUT2D eigenvalue weighted by molar-refractivity contribution is 7.95. The average molecular weight is 484 g/mol. The number of benzene rings is 4. The summed E-state index contributed by atoms with van der Waals surface area (Å²) < 4.78 is 0. The summed E-state index contributed by atoms with van der Waals surface area (Å²) in [6, 6.07) is 32.4. The normalized spacial score (nSPS) is 11.2. The number of hydrogen-bond acceptors (Lipinski definition) is 1. The van der Waals surface area contributed by atoms with Crippen molar-refractivity contribution in [1.29, 1.82) is 0 Å². The molecule has 4 rings (SSSR count). The lowest BCUT2D eigenvalue weighted by molar-refractivity contribution is 0.107. The molecule has 0 aliphatic heterocycles. The highest BCUT2D eigenvalue weighted by atomic mass is 35.5. The standard InChI is InChI=1S/C26H18Cl3OP/c27-20-6-12-23(13-7-20)31(24-14-8-21(28)9-15-24,25-16-10-22(29)11-17-25)18-26(30)19-4-2-1-3-5-19/h1-18H. The third-order valence-corrected chi connectivity index (χ3v) is 9.79. The van der Waals surface area contributed by atoms with Crippen molar-refractivity contribution >= 4 is 69.2 Å². The molecule has 0 aliphatic rings. The highest BCUT2D eigenvalue weighted by Gasteiger charge is 2.27. The van der Waals surface area contributed by atoms with Crippen molar-refractivity contribution in [1.82, 2.24) is 0 Å². The van der Waals surface area contributed by atoms with Crippen LogP contribution in [0.4, 0.5) is 0 Å². The van der Waals surface area contributed by atoms with Crippen LogP contribution in [-0.4, -0.2) is 11.6 Å². The largest absolute Gasteiger partial charge is 0.289 e. The van der Waals surface area contributed by atoms with Crippen molar-refractivity contribution in [3.63, 3.8) is 0 Å². The minimum Gasteiger partial charge on any atom is -0.289 e. The molecule has 0 radical (unpaired) electrons. The fourth-order valence-corrected chi connectivity index (χ4v) is 7.63. The van der Waals surface area contributed by atoms with Crippen LogP contribution in [0.5, 0.6) is 0 Å². The molecule has 0 aromatic heterocycles. The van der Waals surface area contributed by atoms with Gasteiger partial charge in [0.25, 0.3) is 0 Å². The second-order valence-electron chi connectivity index (χ2n) is 7.01. The van der Waals surface area contributed by atoms with Crippen LogP contribution in [-0.2, 0) is 0 Å². The van der Waals surface area contributed by atoms with Crippen LogP contribution in [0.1, 0.15) is 10.4 Å². The lowest BCUT2D eigenvalue weighted by Crippen LogP contribution is -2.28. The summed E-state index contributed by atoms with van der Waals surface area (Å²) in [4.78, 5) is 13.5. The lowest BCUT2D eigenvalue weighted by atomic mass is 10.2. The molecule has 0 aliphatic carbocycles. The second kappa shape index (κ2) is 9.47. The summed E-state index contributed by atoms with van der Waals surface area (Å²) in [5, 5.41) is 4.98. The van der Waals surface area contributed by atoms with Gasteiger partial charge in [-0.2, -0.15) is 0 Å². The molecule has 4 aromatic rings. The van der Waals surface area contributed by atoms with Gasteiger partial charge in [-0.3, -0.25) is 4.79 Å². The minimum absolute atomic E-state index is 0.0335. The van der Waals surface area contributed by atoms with E-state index in [1.165, 1.54) is 0 Å². The van der Waals surface area contributed by atoms with Gasteiger partial charge in [-0.15, -0.1) is 0 Å². The van der Waals surface area contributed by atoms with Crippen LogP contribution in [0.15, 0.2) is 103 Å². The lowest BCUT2D eigenvalue weighted by Gasteiger charge is -2.28. The van der Waals surface area contributed by atoms with Crippen molar-refractivity contribution in [2.45, 2.75) is 0 Å². The van der Waals surface area contributed by atoms with E-state index in [9.17, 15) is 4.79 Å². The Balaban J connectivity index is 2.09. The Hall–Kier alpha value is -2.28. The van der Waals surface area contributed by atoms with E-state index in [0.717, 1.165) is 15.9 Å². The summed E-state index contributed by atoms with van der Waals surface area (Å²) in [5.74, 6) is 1.84. The second-order valence-corrected chi connectivity index (χ2v) is 11.6. The molecule has 4 aromatic carbocycles. The maximum Gasteiger partial charge on any atom is 0.186 e. The van der Waals surface area contributed by atoms with Gasteiger partial charge in [-0.1, -0.05) is 102 Å². The summed E-state index contributed by atoms with van der Waals surface area (Å²) in [6.45, 7) is -2.48. The first-order valence-electron chi connectivity index (χ1n) is 9.61. The molecule has 154 valence electrons. The summed E-state index contributed by atoms with van der Waals surface area (Å²) >= 11 is 18.6. The third-order valence-electron chi connectivity index (χ3n) is 5.07. The molecule has 0 heterocycles. The van der Waals surface area contributed by atoms with Crippen molar-refractivity contribution < 1.29 is 4.79 Å². The number of rotatable bonds is 5. The molecular formula is C26H18Cl3OP. The van der Waals surface area contributed by atoms with Crippen LogP contribution in [0.25, 0.3) is 0 Å². The van der Waals surface area contributed by atoms with Crippen molar-refractivity contribution in [2.24, 2.45) is 0 Å². The number of Topliss-reactive ketones (excluding diaryl/α,β-unsaturated/α-hetero) is 1. The molecule has 0 fully saturated rings. The van der Waals surface area contributed by atoms with Gasteiger partial charge in [0.05, 0.1) is 0 Å². The number of ketones is 1. The Kier molecular flexibility index (Phi) is 6.70. The predicted molar refractivity (Wildman–Crippen MR) is 137 cm³/mol. The fourth-order valence-electron chi connectivity index (χ4n) is 3.55. The van der Waals surface area contributed by atoms with Crippen molar-refractivity contribution in [2.75, 3.05) is 0 Å². The van der Waals surface area contributed by atoms with Crippen molar-refractivity contribution in [3.05, 3.63) is 124 Å². The molecular weight excluding hydrogens is 466 g/mol. The Bertz CT molecular complexity index is 1130. The SMILES string of the molecule is O=C(C=P(c1ccc(Cl)cc1)(c1ccc(Cl)cc1)c1ccc(Cl)cc1)c1ccccc1. The van der Waals surface area contributed by atoms with E-state index in [0.29, 0.717) is 20.6 Å². The molecule has 31 heavy (non-hydrogen) atoms. The highest BCUT2D eigenvalue weighted by Crippen LogP contribution is 2.44. The van der Waals surface area contributed by atoms with E-state index in [-0.39, 0.29) is 5.78 Å². The Morgan fingerprint density at radius 3 is 1.26 bits per heavy atom. The quantitative estimate of drug-likeness (QED) is 0.230. The number of carbonyl (C=O) groups excluding carboxylic acids is 1. The average Bonchev–Trinajstić information content (AvgIpc) is 2.80. The molecule has 1 nitrogen and oxygen atoms in total. The molecule has 0 spiro atoms. The Morgan fingerprint density at radius 1 is 0.548 bits per heavy atom. The van der Waals surface area contributed by atoms with E-state index in [4.69, 9.17) is 34.8 Å². The summed E-state index contributed by atoms with van der Waals surface area (Å²) in [6.07, 6.45) is 0. The fraction of sp³-hybridized carbons (Fsp3) is 0. The maximum absolute atomic E-state index is 13.5. The van der Waals surface area contributed by atoms with Gasteiger partial charge < -0.3 is 0 Å². The van der Waals surface area contributed by atoms with E-state index in [1.807, 2.05) is 109 Å². The number of carbonyl (C=O) groups is 1. The van der Waals surface area contributed by atoms with Crippen LogP contribution < -0.4 is 15.9 Å². The third kappa shape index (κ3) is 4.66. The zero-order valence-corrected chi connectivity index (χ0v) is 19.5. The molecule has 0 bridgehead atoms. The van der Waals surface area contributed by atoms with Crippen LogP contribution in [0, 0.1) is 0 Å². The first-order chi connectivity index (χ1) is 15.0. The van der Waals surface area contributed by atoms with Gasteiger partial charge in [-0.25, -0.2) is 0 Å². The van der Waals surface area contributed by atoms with Crippen LogP contribution in [0.2, 0.25) is 15.1 Å². The topological polar surface area (TPSA) is 17.1 Å². The number of halogens is 3. The van der Waals surface area contributed by atoms with E-state index in [2.05, 4.69) is 0 Å². The molecule has 0 unspecified atom stereocenters. The molecule has 0 saturated heterocycles. The minimum atomic E-state index is -2.48. The van der Waals surface area contributed by atoms with Gasteiger partial charge >= 0.3 is 0 Å². The van der Waals surface area contributed by atoms with Crippen LogP contribution in [0.3, 0.4) is 0 Å². The zero-order chi connectivity index (χ0) is 21.8. The molecule has 0 atom stereocenters. The van der Waals surface area contributed by atoms with Crippen molar-refractivity contribution in [3.8, 4) is 0 Å². The van der Waals surface area contributed by atoms with Gasteiger partial charge in [0.15, 0.2) is 5.78 Å².